The van der Waals surface area contributed by atoms with E-state index < -0.39 is 0 Å². The summed E-state index contributed by atoms with van der Waals surface area (Å²) in [6.45, 7) is 3.60. The Morgan fingerprint density at radius 2 is 1.90 bits per heavy atom. The van der Waals surface area contributed by atoms with Crippen molar-refractivity contribution in [2.75, 3.05) is 25.5 Å². The number of methoxy groups -OCH3 is 1. The van der Waals surface area contributed by atoms with Crippen LogP contribution in [0.4, 0.5) is 6.01 Å². The Hall–Kier alpha value is -2.57. The molecular weight excluding hydrogens is 368 g/mol. The minimum absolute atomic E-state index is 0.114. The van der Waals surface area contributed by atoms with E-state index in [0.717, 1.165) is 38.1 Å². The van der Waals surface area contributed by atoms with Crippen molar-refractivity contribution < 1.29 is 13.9 Å². The molecule has 29 heavy (non-hydrogen) atoms. The predicted octanol–water partition coefficient (Wildman–Crippen LogP) is 3.55. The molecule has 1 saturated heterocycles. The topological polar surface area (TPSA) is 80.5 Å². The molecular formula is C22H28N4O3. The molecule has 3 aliphatic rings. The van der Waals surface area contributed by atoms with E-state index in [-0.39, 0.29) is 17.9 Å². The van der Waals surface area contributed by atoms with E-state index in [9.17, 15) is 4.79 Å². The Kier molecular flexibility index (Phi) is 4.48. The molecule has 1 aromatic carbocycles. The van der Waals surface area contributed by atoms with Crippen LogP contribution in [0.15, 0.2) is 28.7 Å². The van der Waals surface area contributed by atoms with Crippen LogP contribution in [0.2, 0.25) is 0 Å². The number of anilines is 1. The minimum Gasteiger partial charge on any atom is -0.497 e. The van der Waals surface area contributed by atoms with Gasteiger partial charge in [0.05, 0.1) is 7.11 Å². The summed E-state index contributed by atoms with van der Waals surface area (Å²) in [5, 5.41) is 11.4. The van der Waals surface area contributed by atoms with Crippen molar-refractivity contribution in [2.45, 2.75) is 56.9 Å². The van der Waals surface area contributed by atoms with Gasteiger partial charge < -0.3 is 19.4 Å². The van der Waals surface area contributed by atoms with Gasteiger partial charge in [-0.3, -0.25) is 4.79 Å². The van der Waals surface area contributed by atoms with Crippen LogP contribution in [0, 0.1) is 5.41 Å². The second-order valence-electron chi connectivity index (χ2n) is 8.86. The van der Waals surface area contributed by atoms with E-state index in [1.165, 1.54) is 18.4 Å². The van der Waals surface area contributed by atoms with Crippen molar-refractivity contribution in [1.29, 1.82) is 0 Å². The molecule has 7 nitrogen and oxygen atoms in total. The Bertz CT molecular complexity index is 880. The van der Waals surface area contributed by atoms with Crippen molar-refractivity contribution >= 4 is 11.9 Å². The van der Waals surface area contributed by atoms with Crippen LogP contribution in [0.25, 0.3) is 0 Å². The molecule has 1 amide bonds. The van der Waals surface area contributed by atoms with Crippen LogP contribution in [0.5, 0.6) is 5.75 Å². The van der Waals surface area contributed by atoms with Crippen LogP contribution < -0.4 is 10.1 Å². The SMILES string of the molecule is COc1ccc(C2CC2c2nnc(N[C@H](C)C(=O)N3CCC4(CC3)CC4)o2)cc1. The van der Waals surface area contributed by atoms with Gasteiger partial charge in [0.1, 0.15) is 11.8 Å². The molecule has 1 N–H and O–H groups in total. The average molecular weight is 396 g/mol. The van der Waals surface area contributed by atoms with Crippen molar-refractivity contribution in [1.82, 2.24) is 15.1 Å². The summed E-state index contributed by atoms with van der Waals surface area (Å²) in [4.78, 5) is 14.7. The lowest BCUT2D eigenvalue weighted by Crippen LogP contribution is -2.45. The molecule has 7 heteroatoms. The Balaban J connectivity index is 1.16. The van der Waals surface area contributed by atoms with Crippen LogP contribution in [-0.4, -0.2) is 47.2 Å². The van der Waals surface area contributed by atoms with Gasteiger partial charge in [0.2, 0.25) is 11.8 Å². The quantitative estimate of drug-likeness (QED) is 0.804. The van der Waals surface area contributed by atoms with Gasteiger partial charge in [-0.2, -0.15) is 0 Å². The molecule has 0 radical (unpaired) electrons. The third kappa shape index (κ3) is 3.70. The largest absolute Gasteiger partial charge is 0.497 e. The number of nitrogens with one attached hydrogen (secondary N) is 1. The van der Waals surface area contributed by atoms with Crippen molar-refractivity contribution in [3.63, 3.8) is 0 Å². The first-order chi connectivity index (χ1) is 14.1. The summed E-state index contributed by atoms with van der Waals surface area (Å²) in [5.74, 6) is 2.25. The smallest absolute Gasteiger partial charge is 0.316 e. The number of likely N-dealkylation sites (tertiary alicyclic amines) is 1. The summed E-state index contributed by atoms with van der Waals surface area (Å²) in [6, 6.07) is 8.09. The lowest BCUT2D eigenvalue weighted by molar-refractivity contribution is -0.133. The monoisotopic (exact) mass is 396 g/mol. The van der Waals surface area contributed by atoms with E-state index >= 15 is 0 Å². The maximum absolute atomic E-state index is 12.7. The fourth-order valence-electron chi connectivity index (χ4n) is 4.53. The number of hydrogen-bond acceptors (Lipinski definition) is 6. The van der Waals surface area contributed by atoms with E-state index in [2.05, 4.69) is 27.6 Å². The minimum atomic E-state index is -0.367. The first kappa shape index (κ1) is 18.5. The molecule has 2 saturated carbocycles. The predicted molar refractivity (Wildman–Crippen MR) is 108 cm³/mol. The highest BCUT2D eigenvalue weighted by molar-refractivity contribution is 5.83. The summed E-state index contributed by atoms with van der Waals surface area (Å²) in [6.07, 6.45) is 5.96. The number of piperidine rings is 1. The second kappa shape index (κ2) is 7.04. The van der Waals surface area contributed by atoms with Crippen LogP contribution in [-0.2, 0) is 4.79 Å². The number of amides is 1. The summed E-state index contributed by atoms with van der Waals surface area (Å²) in [5.41, 5.74) is 1.82. The van der Waals surface area contributed by atoms with Gasteiger partial charge in [-0.1, -0.05) is 17.2 Å². The number of hydrogen-bond donors (Lipinski definition) is 1. The van der Waals surface area contributed by atoms with Crippen molar-refractivity contribution in [3.05, 3.63) is 35.7 Å². The van der Waals surface area contributed by atoms with Crippen LogP contribution in [0.3, 0.4) is 0 Å². The van der Waals surface area contributed by atoms with Crippen LogP contribution in [0.1, 0.15) is 62.3 Å². The first-order valence-electron chi connectivity index (χ1n) is 10.6. The van der Waals surface area contributed by atoms with Gasteiger partial charge in [0, 0.05) is 19.0 Å². The zero-order chi connectivity index (χ0) is 20.0. The molecule has 2 heterocycles. The van der Waals surface area contributed by atoms with Gasteiger partial charge in [-0.15, -0.1) is 5.10 Å². The number of aromatic nitrogens is 2. The van der Waals surface area contributed by atoms with Gasteiger partial charge in [-0.05, 0) is 68.1 Å². The van der Waals surface area contributed by atoms with E-state index in [1.807, 2.05) is 24.0 Å². The lowest BCUT2D eigenvalue weighted by atomic mass is 9.93. The van der Waals surface area contributed by atoms with E-state index in [0.29, 0.717) is 23.2 Å². The Morgan fingerprint density at radius 1 is 1.17 bits per heavy atom. The van der Waals surface area contributed by atoms with E-state index in [4.69, 9.17) is 9.15 Å². The highest BCUT2D eigenvalue weighted by Gasteiger charge is 2.46. The molecule has 3 fully saturated rings. The average Bonchev–Trinajstić information content (AvgIpc) is 3.67. The lowest BCUT2D eigenvalue weighted by Gasteiger charge is -2.33. The Morgan fingerprint density at radius 3 is 2.55 bits per heavy atom. The van der Waals surface area contributed by atoms with Gasteiger partial charge >= 0.3 is 6.01 Å². The molecule has 154 valence electrons. The molecule has 3 atom stereocenters. The van der Waals surface area contributed by atoms with Gasteiger partial charge in [0.25, 0.3) is 0 Å². The summed E-state index contributed by atoms with van der Waals surface area (Å²) in [7, 11) is 1.67. The summed E-state index contributed by atoms with van der Waals surface area (Å²) >= 11 is 0. The number of rotatable bonds is 6. The van der Waals surface area contributed by atoms with Gasteiger partial charge in [0.15, 0.2) is 0 Å². The van der Waals surface area contributed by atoms with E-state index in [1.54, 1.807) is 7.11 Å². The fourth-order valence-corrected chi connectivity index (χ4v) is 4.53. The summed E-state index contributed by atoms with van der Waals surface area (Å²) < 4.78 is 11.0. The normalized spacial score (nSPS) is 25.5. The zero-order valence-corrected chi connectivity index (χ0v) is 17.1. The third-order valence-corrected chi connectivity index (χ3v) is 6.90. The zero-order valence-electron chi connectivity index (χ0n) is 17.1. The molecule has 0 bridgehead atoms. The molecule has 1 spiro atoms. The number of carbonyl (C=O) groups is 1. The maximum Gasteiger partial charge on any atom is 0.316 e. The molecule has 2 unspecified atom stereocenters. The highest BCUT2D eigenvalue weighted by Crippen LogP contribution is 2.55. The third-order valence-electron chi connectivity index (χ3n) is 6.90. The fraction of sp³-hybridized carbons (Fsp3) is 0.591. The van der Waals surface area contributed by atoms with Gasteiger partial charge in [-0.25, -0.2) is 0 Å². The van der Waals surface area contributed by atoms with Crippen molar-refractivity contribution in [2.24, 2.45) is 5.41 Å². The van der Waals surface area contributed by atoms with Crippen LogP contribution >= 0.6 is 0 Å². The molecule has 2 aromatic rings. The molecule has 1 aromatic heterocycles. The number of nitrogens with zero attached hydrogens (tertiary/aromatic N) is 3. The first-order valence-corrected chi connectivity index (χ1v) is 10.6. The number of benzene rings is 1. The highest BCUT2D eigenvalue weighted by atomic mass is 16.5. The number of carbonyl (C=O) groups excluding carboxylic acids is 1. The molecule has 1 aliphatic heterocycles. The van der Waals surface area contributed by atoms with Crippen molar-refractivity contribution in [3.8, 4) is 5.75 Å². The standard InChI is InChI=1S/C22H28N4O3/c1-14(20(27)26-11-9-22(7-8-22)10-12-26)23-21-25-24-19(29-21)18-13-17(18)15-3-5-16(28-2)6-4-15/h3-6,14,17-18H,7-13H2,1-2H3,(H,23,25)/t14-,17?,18?/m1/s1. The maximum atomic E-state index is 12.7. The second-order valence-corrected chi connectivity index (χ2v) is 8.86. The molecule has 5 rings (SSSR count). The molecule has 2 aliphatic carbocycles. The Labute approximate surface area is 170 Å². The number of ether oxygens (including phenoxy) is 1.